The van der Waals surface area contributed by atoms with Crippen molar-refractivity contribution in [1.29, 1.82) is 0 Å². The highest BCUT2D eigenvalue weighted by molar-refractivity contribution is 7.10. The molecule has 2 heterocycles. The Labute approximate surface area is 242 Å². The average Bonchev–Trinajstić information content (AvgIpc) is 3.46. The number of rotatable bonds is 9. The summed E-state index contributed by atoms with van der Waals surface area (Å²) in [6.07, 6.45) is 10.6. The van der Waals surface area contributed by atoms with Gasteiger partial charge in [-0.3, -0.25) is 4.79 Å². The number of benzene rings is 1. The van der Waals surface area contributed by atoms with Gasteiger partial charge in [-0.25, -0.2) is 9.37 Å². The van der Waals surface area contributed by atoms with Crippen molar-refractivity contribution in [3.63, 3.8) is 0 Å². The topological polar surface area (TPSA) is 72.1 Å². The second-order valence-corrected chi connectivity index (χ2v) is 14.9. The summed E-state index contributed by atoms with van der Waals surface area (Å²) in [5.74, 6) is 2.75. The molecule has 4 bridgehead atoms. The molecule has 40 heavy (non-hydrogen) atoms. The molecule has 7 aliphatic rings. The van der Waals surface area contributed by atoms with E-state index >= 15 is 0 Å². The maximum atomic E-state index is 14.3. The third-order valence-corrected chi connectivity index (χ3v) is 12.0. The number of anilines is 1. The van der Waals surface area contributed by atoms with Gasteiger partial charge in [0.25, 0.3) is 0 Å². The van der Waals surface area contributed by atoms with E-state index in [1.807, 2.05) is 28.5 Å². The Morgan fingerprint density at radius 2 is 1.82 bits per heavy atom. The molecule has 9 heteroatoms. The van der Waals surface area contributed by atoms with Crippen LogP contribution in [-0.4, -0.2) is 33.2 Å². The van der Waals surface area contributed by atoms with Crippen molar-refractivity contribution in [1.82, 2.24) is 15.1 Å². The third-order valence-electron chi connectivity index (χ3n) is 10.8. The van der Waals surface area contributed by atoms with Crippen molar-refractivity contribution in [3.05, 3.63) is 46.4 Å². The van der Waals surface area contributed by atoms with E-state index in [1.54, 1.807) is 11.3 Å². The van der Waals surface area contributed by atoms with Gasteiger partial charge in [-0.15, -0.1) is 22.9 Å². The van der Waals surface area contributed by atoms with Crippen LogP contribution in [0.1, 0.15) is 99.7 Å². The predicted octanol–water partition coefficient (Wildman–Crippen LogP) is 7.72. The summed E-state index contributed by atoms with van der Waals surface area (Å²) in [7, 11) is 0. The second-order valence-electron chi connectivity index (χ2n) is 13.7. The van der Waals surface area contributed by atoms with Gasteiger partial charge >= 0.3 is 0 Å². The molecule has 0 atom stereocenters. The number of hydrogen-bond donors (Lipinski definition) is 0. The first-order valence-corrected chi connectivity index (χ1v) is 16.2. The summed E-state index contributed by atoms with van der Waals surface area (Å²) in [6, 6.07) is 8.19. The van der Waals surface area contributed by atoms with E-state index in [-0.39, 0.29) is 22.2 Å². The highest BCUT2D eigenvalue weighted by atomic mass is 35.5. The van der Waals surface area contributed by atoms with Crippen molar-refractivity contribution in [2.24, 2.45) is 10.8 Å². The number of carbonyl (C=O) groups is 1. The Bertz CT molecular complexity index is 1440. The number of carbonyl (C=O) groups excluding carboxylic acids is 1. The highest BCUT2D eigenvalue weighted by Crippen LogP contribution is 2.71. The van der Waals surface area contributed by atoms with E-state index in [0.717, 1.165) is 72.2 Å². The molecule has 7 fully saturated rings. The SMILES string of the molecule is O=C(CC12CC(F)(C1)C2)N(CC12CCC(c3nc(C4CC4)no3)(CC1)CC2)c1cccc(-c2csc(CCl)n2)c1. The van der Waals surface area contributed by atoms with Crippen LogP contribution in [0.15, 0.2) is 34.2 Å². The molecular weight excluding hydrogens is 547 g/mol. The maximum Gasteiger partial charge on any atom is 0.232 e. The first-order valence-electron chi connectivity index (χ1n) is 14.7. The molecule has 0 spiro atoms. The lowest BCUT2D eigenvalue weighted by Gasteiger charge is -2.66. The lowest BCUT2D eigenvalue weighted by molar-refractivity contribution is -0.215. The minimum Gasteiger partial charge on any atom is -0.339 e. The quantitative estimate of drug-likeness (QED) is 0.242. The van der Waals surface area contributed by atoms with Gasteiger partial charge in [0.1, 0.15) is 10.7 Å². The Morgan fingerprint density at radius 3 is 2.48 bits per heavy atom. The highest BCUT2D eigenvalue weighted by Gasteiger charge is 2.69. The van der Waals surface area contributed by atoms with Crippen LogP contribution in [-0.2, 0) is 16.1 Å². The smallest absolute Gasteiger partial charge is 0.232 e. The van der Waals surface area contributed by atoms with Crippen molar-refractivity contribution in [3.8, 4) is 11.3 Å². The van der Waals surface area contributed by atoms with Crippen molar-refractivity contribution in [2.45, 2.75) is 99.9 Å². The van der Waals surface area contributed by atoms with Gasteiger partial charge in [0.05, 0.1) is 11.6 Å². The first kappa shape index (κ1) is 25.4. The van der Waals surface area contributed by atoms with Crippen LogP contribution < -0.4 is 4.90 Å². The summed E-state index contributed by atoms with van der Waals surface area (Å²) in [5.41, 5.74) is 1.71. The van der Waals surface area contributed by atoms with Gasteiger partial charge < -0.3 is 9.42 Å². The molecule has 1 amide bonds. The molecule has 3 aromatic rings. The number of aromatic nitrogens is 3. The average molecular weight is 581 g/mol. The molecule has 10 rings (SSSR count). The van der Waals surface area contributed by atoms with E-state index in [4.69, 9.17) is 21.1 Å². The van der Waals surface area contributed by atoms with E-state index in [0.29, 0.717) is 44.0 Å². The number of alkyl halides is 2. The van der Waals surface area contributed by atoms with Gasteiger partial charge in [-0.2, -0.15) is 4.98 Å². The van der Waals surface area contributed by atoms with Crippen molar-refractivity contribution < 1.29 is 13.7 Å². The summed E-state index contributed by atoms with van der Waals surface area (Å²) in [5, 5.41) is 7.22. The molecule has 0 aliphatic heterocycles. The first-order chi connectivity index (χ1) is 19.3. The number of fused-ring (bicyclic) bond motifs is 3. The molecule has 1 aromatic carbocycles. The molecule has 210 valence electrons. The molecule has 0 radical (unpaired) electrons. The normalized spacial score (nSPS) is 33.9. The minimum absolute atomic E-state index is 0.0112. The van der Waals surface area contributed by atoms with Crippen LogP contribution in [0.5, 0.6) is 0 Å². The Balaban J connectivity index is 1.05. The second kappa shape index (κ2) is 8.84. The predicted molar refractivity (Wildman–Crippen MR) is 152 cm³/mol. The summed E-state index contributed by atoms with van der Waals surface area (Å²) in [6.45, 7) is 0.698. The van der Waals surface area contributed by atoms with Crippen molar-refractivity contribution >= 4 is 34.5 Å². The monoisotopic (exact) mass is 580 g/mol. The molecular formula is C31H34ClFN4O2S. The third kappa shape index (κ3) is 4.15. The molecule has 2 aromatic heterocycles. The summed E-state index contributed by atoms with van der Waals surface area (Å²) in [4.78, 5) is 25.6. The van der Waals surface area contributed by atoms with Gasteiger partial charge in [0, 0.05) is 40.9 Å². The fourth-order valence-electron chi connectivity index (χ4n) is 8.24. The van der Waals surface area contributed by atoms with Gasteiger partial charge in [0.2, 0.25) is 11.8 Å². The zero-order chi connectivity index (χ0) is 27.2. The van der Waals surface area contributed by atoms with Crippen LogP contribution in [0.3, 0.4) is 0 Å². The molecule has 0 unspecified atom stereocenters. The van der Waals surface area contributed by atoms with Crippen LogP contribution in [0.4, 0.5) is 10.1 Å². The molecule has 0 saturated heterocycles. The van der Waals surface area contributed by atoms with Gasteiger partial charge in [-0.05, 0) is 93.6 Å². The van der Waals surface area contributed by atoms with Crippen LogP contribution >= 0.6 is 22.9 Å². The zero-order valence-electron chi connectivity index (χ0n) is 22.6. The van der Waals surface area contributed by atoms with E-state index in [1.165, 1.54) is 12.8 Å². The minimum atomic E-state index is -1.00. The Morgan fingerprint density at radius 1 is 1.07 bits per heavy atom. The number of halogens is 2. The van der Waals surface area contributed by atoms with Crippen molar-refractivity contribution in [2.75, 3.05) is 11.4 Å². The number of nitrogens with zero attached hydrogens (tertiary/aromatic N) is 4. The van der Waals surface area contributed by atoms with Crippen LogP contribution in [0.25, 0.3) is 11.3 Å². The number of hydrogen-bond acceptors (Lipinski definition) is 6. The standard InChI is InChI=1S/C31H34ClFN4O2S/c32-14-24-34-23(15-40-24)21-2-1-3-22(12-21)37(25(38)13-29-16-31(33,17-29)18-29)19-28-6-9-30(10-7-28,11-8-28)27-35-26(36-39-27)20-4-5-20/h1-3,12,15,20H,4-11,13-14,16-19H2. The Hall–Kier alpha value is -2.32. The molecule has 0 N–H and O–H groups in total. The van der Waals surface area contributed by atoms with E-state index < -0.39 is 5.67 Å². The zero-order valence-corrected chi connectivity index (χ0v) is 24.2. The fraction of sp³-hybridized carbons (Fsp3) is 0.613. The van der Waals surface area contributed by atoms with Gasteiger partial charge in [-0.1, -0.05) is 17.3 Å². The lowest BCUT2D eigenvalue weighted by atomic mass is 9.41. The largest absolute Gasteiger partial charge is 0.339 e. The number of thiazole rings is 1. The summed E-state index contributed by atoms with van der Waals surface area (Å²) >= 11 is 7.56. The molecule has 7 aliphatic carbocycles. The summed E-state index contributed by atoms with van der Waals surface area (Å²) < 4.78 is 20.2. The fourth-order valence-corrected chi connectivity index (χ4v) is 9.14. The van der Waals surface area contributed by atoms with E-state index in [9.17, 15) is 9.18 Å². The maximum absolute atomic E-state index is 14.3. The Kier molecular flexibility index (Phi) is 5.61. The lowest BCUT2D eigenvalue weighted by Crippen LogP contribution is -2.65. The van der Waals surface area contributed by atoms with Crippen LogP contribution in [0.2, 0.25) is 0 Å². The van der Waals surface area contributed by atoms with Crippen LogP contribution in [0, 0.1) is 10.8 Å². The van der Waals surface area contributed by atoms with Gasteiger partial charge in [0.15, 0.2) is 5.82 Å². The molecule has 6 nitrogen and oxygen atoms in total. The number of amides is 1. The van der Waals surface area contributed by atoms with E-state index in [2.05, 4.69) is 16.2 Å². The molecule has 7 saturated carbocycles.